The molecule has 6 atom stereocenters. The second kappa shape index (κ2) is 9.32. The van der Waals surface area contributed by atoms with Crippen molar-refractivity contribution in [1.29, 1.82) is 0 Å². The lowest BCUT2D eigenvalue weighted by molar-refractivity contribution is -0.259. The highest BCUT2D eigenvalue weighted by molar-refractivity contribution is 5.89. The number of pyridine rings is 1. The van der Waals surface area contributed by atoms with Crippen LogP contribution in [0.4, 0.5) is 0 Å². The van der Waals surface area contributed by atoms with Crippen LogP contribution >= 0.6 is 0 Å². The molecule has 0 spiro atoms. The fourth-order valence-electron chi connectivity index (χ4n) is 6.13. The fourth-order valence-corrected chi connectivity index (χ4v) is 6.13. The number of aliphatic hydroxyl groups is 1. The van der Waals surface area contributed by atoms with Gasteiger partial charge in [0.05, 0.1) is 5.56 Å². The molecular weight excluding hydrogens is 462 g/mol. The van der Waals surface area contributed by atoms with Crippen LogP contribution in [0.15, 0.2) is 60.0 Å². The van der Waals surface area contributed by atoms with Crippen molar-refractivity contribution in [1.82, 2.24) is 4.98 Å². The second-order valence-corrected chi connectivity index (χ2v) is 10.5. The minimum atomic E-state index is -1.62. The van der Waals surface area contributed by atoms with Crippen LogP contribution in [0.25, 0.3) is 0 Å². The Bertz CT molecular complexity index is 1150. The number of carbonyl (C=O) groups is 3. The SMILES string of the molecule is CC(=O)OC1C(OC(=O)c2cccnc2)C2(C)C(C)=CCCC2C(C)(C=CC2=CC(=O)OC2)C1(C)O. The number of rotatable bonds is 5. The molecule has 0 aromatic carbocycles. The Kier molecular flexibility index (Phi) is 6.68. The first-order valence-electron chi connectivity index (χ1n) is 12.2. The number of fused-ring (bicyclic) bond motifs is 1. The number of hydrogen-bond donors (Lipinski definition) is 1. The summed E-state index contributed by atoms with van der Waals surface area (Å²) in [5, 5.41) is 12.2. The van der Waals surface area contributed by atoms with Crippen LogP contribution in [-0.2, 0) is 23.8 Å². The van der Waals surface area contributed by atoms with Gasteiger partial charge in [0.2, 0.25) is 0 Å². The summed E-state index contributed by atoms with van der Waals surface area (Å²) in [5.74, 6) is -1.79. The minimum absolute atomic E-state index is 0.160. The van der Waals surface area contributed by atoms with Gasteiger partial charge in [-0.15, -0.1) is 0 Å². The summed E-state index contributed by atoms with van der Waals surface area (Å²) in [6.45, 7) is 8.97. The molecule has 2 heterocycles. The molecule has 4 rings (SSSR count). The van der Waals surface area contributed by atoms with E-state index < -0.39 is 46.5 Å². The number of aromatic nitrogens is 1. The van der Waals surface area contributed by atoms with Crippen molar-refractivity contribution in [3.8, 4) is 0 Å². The molecule has 1 fully saturated rings. The van der Waals surface area contributed by atoms with E-state index in [1.807, 2.05) is 26.8 Å². The van der Waals surface area contributed by atoms with Crippen molar-refractivity contribution in [2.45, 2.75) is 65.3 Å². The van der Waals surface area contributed by atoms with Crippen molar-refractivity contribution < 1.29 is 33.7 Å². The van der Waals surface area contributed by atoms with Crippen molar-refractivity contribution in [2.75, 3.05) is 6.61 Å². The molecule has 1 saturated carbocycles. The Morgan fingerprint density at radius 3 is 2.58 bits per heavy atom. The zero-order valence-corrected chi connectivity index (χ0v) is 21.3. The summed E-state index contributed by atoms with van der Waals surface area (Å²) in [5.41, 5.74) is -1.34. The van der Waals surface area contributed by atoms with Crippen LogP contribution in [0.5, 0.6) is 0 Å². The van der Waals surface area contributed by atoms with Crippen molar-refractivity contribution in [2.24, 2.45) is 16.7 Å². The molecule has 36 heavy (non-hydrogen) atoms. The lowest BCUT2D eigenvalue weighted by Gasteiger charge is -2.64. The van der Waals surface area contributed by atoms with Gasteiger partial charge in [-0.2, -0.15) is 0 Å². The molecule has 1 aliphatic heterocycles. The Morgan fingerprint density at radius 2 is 1.97 bits per heavy atom. The largest absolute Gasteiger partial charge is 0.458 e. The summed E-state index contributed by atoms with van der Waals surface area (Å²) in [7, 11) is 0. The molecule has 0 saturated heterocycles. The zero-order valence-electron chi connectivity index (χ0n) is 21.3. The molecule has 0 bridgehead atoms. The van der Waals surface area contributed by atoms with E-state index in [1.165, 1.54) is 19.2 Å². The Labute approximate surface area is 211 Å². The molecule has 3 aliphatic rings. The van der Waals surface area contributed by atoms with Gasteiger partial charge in [-0.05, 0) is 50.3 Å². The molecule has 192 valence electrons. The Balaban J connectivity index is 1.84. The maximum absolute atomic E-state index is 13.2. The average Bonchev–Trinajstić information content (AvgIpc) is 3.26. The van der Waals surface area contributed by atoms with Gasteiger partial charge in [0.1, 0.15) is 12.2 Å². The van der Waals surface area contributed by atoms with Crippen LogP contribution in [0.2, 0.25) is 0 Å². The van der Waals surface area contributed by atoms with Gasteiger partial charge >= 0.3 is 17.9 Å². The molecule has 0 amide bonds. The van der Waals surface area contributed by atoms with E-state index in [2.05, 4.69) is 11.1 Å². The highest BCUT2D eigenvalue weighted by Gasteiger charge is 2.69. The van der Waals surface area contributed by atoms with E-state index in [4.69, 9.17) is 14.2 Å². The number of allylic oxidation sites excluding steroid dienone is 1. The van der Waals surface area contributed by atoms with Gasteiger partial charge in [0.15, 0.2) is 12.2 Å². The first-order valence-corrected chi connectivity index (χ1v) is 12.2. The number of ether oxygens (including phenoxy) is 3. The van der Waals surface area contributed by atoms with Gasteiger partial charge in [0.25, 0.3) is 0 Å². The molecular formula is C28H33NO7. The van der Waals surface area contributed by atoms with E-state index in [0.717, 1.165) is 12.0 Å². The average molecular weight is 496 g/mol. The van der Waals surface area contributed by atoms with E-state index in [-0.39, 0.29) is 18.1 Å². The van der Waals surface area contributed by atoms with Gasteiger partial charge in [-0.25, -0.2) is 9.59 Å². The molecule has 8 heteroatoms. The monoisotopic (exact) mass is 495 g/mol. The van der Waals surface area contributed by atoms with Crippen LogP contribution in [0.3, 0.4) is 0 Å². The smallest absolute Gasteiger partial charge is 0.340 e. The maximum Gasteiger partial charge on any atom is 0.340 e. The zero-order chi connectivity index (χ0) is 26.3. The highest BCUT2D eigenvalue weighted by atomic mass is 16.6. The summed E-state index contributed by atoms with van der Waals surface area (Å²) < 4.78 is 16.9. The maximum atomic E-state index is 13.2. The molecule has 8 nitrogen and oxygen atoms in total. The third-order valence-electron chi connectivity index (χ3n) is 8.47. The van der Waals surface area contributed by atoms with Gasteiger partial charge in [-0.3, -0.25) is 9.78 Å². The van der Waals surface area contributed by atoms with Crippen LogP contribution in [0.1, 0.15) is 57.8 Å². The van der Waals surface area contributed by atoms with Crippen LogP contribution in [0, 0.1) is 16.7 Å². The Morgan fingerprint density at radius 1 is 1.22 bits per heavy atom. The molecule has 1 aromatic rings. The van der Waals surface area contributed by atoms with E-state index in [9.17, 15) is 19.5 Å². The van der Waals surface area contributed by atoms with Gasteiger partial charge in [-0.1, -0.05) is 37.6 Å². The molecule has 2 aliphatic carbocycles. The standard InChI is InChI=1S/C28H33NO7/c1-17-8-6-10-21-26(3,12-11-19-14-22(31)34-16-19)28(5,33)24(35-18(2)30)23(27(17,21)4)36-25(32)20-9-7-13-29-15-20/h7-9,11-15,21,23-24,33H,6,10,16H2,1-5H3. The van der Waals surface area contributed by atoms with Crippen molar-refractivity contribution in [3.63, 3.8) is 0 Å². The van der Waals surface area contributed by atoms with Crippen molar-refractivity contribution >= 4 is 17.9 Å². The quantitative estimate of drug-likeness (QED) is 0.374. The van der Waals surface area contributed by atoms with E-state index >= 15 is 0 Å². The third-order valence-corrected chi connectivity index (χ3v) is 8.47. The predicted molar refractivity (Wildman–Crippen MR) is 130 cm³/mol. The number of nitrogens with zero attached hydrogens (tertiary/aromatic N) is 1. The number of esters is 3. The van der Waals surface area contributed by atoms with Crippen LogP contribution < -0.4 is 0 Å². The van der Waals surface area contributed by atoms with Gasteiger partial charge < -0.3 is 19.3 Å². The molecule has 1 aromatic heterocycles. The minimum Gasteiger partial charge on any atom is -0.458 e. The predicted octanol–water partition coefficient (Wildman–Crippen LogP) is 3.71. The third kappa shape index (κ3) is 4.17. The highest BCUT2D eigenvalue weighted by Crippen LogP contribution is 2.63. The summed E-state index contributed by atoms with van der Waals surface area (Å²) >= 11 is 0. The summed E-state index contributed by atoms with van der Waals surface area (Å²) in [4.78, 5) is 41.1. The fraction of sp³-hybridized carbons (Fsp3) is 0.500. The normalized spacial score (nSPS) is 35.9. The number of cyclic esters (lactones) is 1. The lowest BCUT2D eigenvalue weighted by atomic mass is 9.44. The van der Waals surface area contributed by atoms with E-state index in [1.54, 1.807) is 31.3 Å². The Hall–Kier alpha value is -3.26. The van der Waals surface area contributed by atoms with Gasteiger partial charge in [0, 0.05) is 36.2 Å². The lowest BCUT2D eigenvalue weighted by Crippen LogP contribution is -2.72. The molecule has 0 radical (unpaired) electrons. The second-order valence-electron chi connectivity index (χ2n) is 10.5. The van der Waals surface area contributed by atoms with E-state index in [0.29, 0.717) is 12.0 Å². The first kappa shape index (κ1) is 25.8. The molecule has 6 unspecified atom stereocenters. The number of hydrogen-bond acceptors (Lipinski definition) is 8. The number of carbonyl (C=O) groups excluding carboxylic acids is 3. The summed E-state index contributed by atoms with van der Waals surface area (Å²) in [6.07, 6.45) is 9.58. The first-order chi connectivity index (χ1) is 16.9. The molecule has 1 N–H and O–H groups in total. The summed E-state index contributed by atoms with van der Waals surface area (Å²) in [6, 6.07) is 3.24. The topological polar surface area (TPSA) is 112 Å². The van der Waals surface area contributed by atoms with Crippen molar-refractivity contribution in [3.05, 3.63) is 65.5 Å². The van der Waals surface area contributed by atoms with Crippen LogP contribution in [-0.4, -0.2) is 52.4 Å².